The molecular weight excluding hydrogens is 184 g/mol. The van der Waals surface area contributed by atoms with Gasteiger partial charge in [-0.2, -0.15) is 0 Å². The Labute approximate surface area is 96.4 Å². The quantitative estimate of drug-likeness (QED) is 0.757. The van der Waals surface area contributed by atoms with E-state index < -0.39 is 0 Å². The summed E-state index contributed by atoms with van der Waals surface area (Å²) in [5.74, 6) is 0. The fourth-order valence-electron chi connectivity index (χ4n) is 2.26. The summed E-state index contributed by atoms with van der Waals surface area (Å²) in [6.07, 6.45) is 4.09. The van der Waals surface area contributed by atoms with Crippen molar-refractivity contribution in [3.05, 3.63) is 0 Å². The van der Waals surface area contributed by atoms with E-state index in [4.69, 9.17) is 0 Å². The predicted octanol–water partition coefficient (Wildman–Crippen LogP) is 2.74. The molecule has 0 heterocycles. The highest BCUT2D eigenvalue weighted by molar-refractivity contribution is 4.94. The zero-order valence-electron chi connectivity index (χ0n) is 11.6. The highest BCUT2D eigenvalue weighted by Gasteiger charge is 2.38. The van der Waals surface area contributed by atoms with Crippen molar-refractivity contribution < 1.29 is 0 Å². The van der Waals surface area contributed by atoms with Crippen molar-refractivity contribution in [1.82, 2.24) is 10.2 Å². The zero-order valence-corrected chi connectivity index (χ0v) is 11.6. The summed E-state index contributed by atoms with van der Waals surface area (Å²) in [6, 6.07) is 0.803. The molecule has 92 valence electrons. The average molecular weight is 214 g/mol. The van der Waals surface area contributed by atoms with Gasteiger partial charge in [-0.3, -0.25) is 0 Å². The number of hydrogen-bond donors (Lipinski definition) is 1. The van der Waals surface area contributed by atoms with Crippen molar-refractivity contribution in [2.75, 3.05) is 27.2 Å². The zero-order chi connectivity index (χ0) is 11.9. The minimum absolute atomic E-state index is 0.622. The first-order valence-electron chi connectivity index (χ1n) is 6.44. The Bertz CT molecular complexity index is 149. The van der Waals surface area contributed by atoms with Gasteiger partial charge >= 0.3 is 0 Å². The second-order valence-corrected chi connectivity index (χ2v) is 5.03. The molecule has 1 aliphatic rings. The summed E-state index contributed by atoms with van der Waals surface area (Å²) in [5.41, 5.74) is 0.622. The molecule has 0 unspecified atom stereocenters. The van der Waals surface area contributed by atoms with Gasteiger partial charge in [-0.25, -0.2) is 0 Å². The second kappa shape index (κ2) is 7.24. The third kappa shape index (κ3) is 5.53. The Hall–Kier alpha value is -0.0800. The van der Waals surface area contributed by atoms with Gasteiger partial charge in [-0.1, -0.05) is 27.7 Å². The van der Waals surface area contributed by atoms with E-state index in [-0.39, 0.29) is 0 Å². The molecule has 1 saturated carbocycles. The summed E-state index contributed by atoms with van der Waals surface area (Å²) < 4.78 is 0. The third-order valence-corrected chi connectivity index (χ3v) is 3.13. The lowest BCUT2D eigenvalue weighted by Gasteiger charge is -2.46. The van der Waals surface area contributed by atoms with Gasteiger partial charge in [0.05, 0.1) is 0 Å². The minimum Gasteiger partial charge on any atom is -0.314 e. The number of nitrogens with zero attached hydrogens (tertiary/aromatic N) is 1. The van der Waals surface area contributed by atoms with Crippen LogP contribution in [0.3, 0.4) is 0 Å². The minimum atomic E-state index is 0.622. The molecule has 1 fully saturated rings. The Morgan fingerprint density at radius 3 is 2.20 bits per heavy atom. The fraction of sp³-hybridized carbons (Fsp3) is 1.00. The van der Waals surface area contributed by atoms with Crippen molar-refractivity contribution in [2.45, 2.75) is 53.0 Å². The Kier molecular flexibility index (Phi) is 7.20. The summed E-state index contributed by atoms with van der Waals surface area (Å²) in [5, 5.41) is 3.51. The van der Waals surface area contributed by atoms with Crippen LogP contribution >= 0.6 is 0 Å². The van der Waals surface area contributed by atoms with E-state index in [0.717, 1.165) is 12.6 Å². The maximum Gasteiger partial charge on any atom is 0.00773 e. The first kappa shape index (κ1) is 14.9. The van der Waals surface area contributed by atoms with Crippen LogP contribution in [0, 0.1) is 5.41 Å². The molecule has 0 spiro atoms. The van der Waals surface area contributed by atoms with Crippen LogP contribution < -0.4 is 5.32 Å². The molecule has 2 nitrogen and oxygen atoms in total. The van der Waals surface area contributed by atoms with Crippen LogP contribution in [0.1, 0.15) is 47.0 Å². The number of rotatable bonds is 5. The van der Waals surface area contributed by atoms with E-state index in [1.54, 1.807) is 0 Å². The van der Waals surface area contributed by atoms with Crippen molar-refractivity contribution >= 4 is 0 Å². The maximum atomic E-state index is 3.51. The topological polar surface area (TPSA) is 15.3 Å². The van der Waals surface area contributed by atoms with Crippen LogP contribution in [0.4, 0.5) is 0 Å². The normalized spacial score (nSPS) is 29.4. The van der Waals surface area contributed by atoms with E-state index >= 15 is 0 Å². The summed E-state index contributed by atoms with van der Waals surface area (Å²) in [7, 11) is 4.31. The van der Waals surface area contributed by atoms with Crippen LogP contribution in [0.5, 0.6) is 0 Å². The van der Waals surface area contributed by atoms with E-state index in [9.17, 15) is 0 Å². The summed E-state index contributed by atoms with van der Waals surface area (Å²) >= 11 is 0. The van der Waals surface area contributed by atoms with Crippen LogP contribution in [0.25, 0.3) is 0 Å². The molecule has 0 aromatic carbocycles. The average Bonchev–Trinajstić information content (AvgIpc) is 2.16. The second-order valence-electron chi connectivity index (χ2n) is 5.03. The molecule has 15 heavy (non-hydrogen) atoms. The first-order chi connectivity index (χ1) is 7.06. The first-order valence-corrected chi connectivity index (χ1v) is 6.44. The lowest BCUT2D eigenvalue weighted by Crippen LogP contribution is -2.48. The lowest BCUT2D eigenvalue weighted by molar-refractivity contribution is 0.0844. The van der Waals surface area contributed by atoms with Crippen LogP contribution in [-0.2, 0) is 0 Å². The molecule has 1 N–H and O–H groups in total. The lowest BCUT2D eigenvalue weighted by atomic mass is 9.65. The SMILES string of the molecule is CC.CCNC1CC(C)(CCN(C)C)C1. The molecule has 0 atom stereocenters. The van der Waals surface area contributed by atoms with Gasteiger partial charge in [0.2, 0.25) is 0 Å². The molecule has 0 aliphatic heterocycles. The molecule has 0 radical (unpaired) electrons. The van der Waals surface area contributed by atoms with Crippen molar-refractivity contribution in [3.63, 3.8) is 0 Å². The van der Waals surface area contributed by atoms with Crippen LogP contribution in [0.15, 0.2) is 0 Å². The monoisotopic (exact) mass is 214 g/mol. The fourth-order valence-corrected chi connectivity index (χ4v) is 2.26. The third-order valence-electron chi connectivity index (χ3n) is 3.13. The van der Waals surface area contributed by atoms with E-state index in [1.165, 1.54) is 25.8 Å². The van der Waals surface area contributed by atoms with E-state index in [0.29, 0.717) is 5.41 Å². The maximum absolute atomic E-state index is 3.51. The van der Waals surface area contributed by atoms with Gasteiger partial charge in [0, 0.05) is 6.04 Å². The van der Waals surface area contributed by atoms with Crippen molar-refractivity contribution in [2.24, 2.45) is 5.41 Å². The van der Waals surface area contributed by atoms with Crippen LogP contribution in [0.2, 0.25) is 0 Å². The Morgan fingerprint density at radius 2 is 1.80 bits per heavy atom. The Morgan fingerprint density at radius 1 is 1.27 bits per heavy atom. The van der Waals surface area contributed by atoms with Gasteiger partial charge in [-0.15, -0.1) is 0 Å². The number of nitrogens with one attached hydrogen (secondary N) is 1. The highest BCUT2D eigenvalue weighted by atomic mass is 15.1. The molecule has 0 bridgehead atoms. The Balaban J connectivity index is 0.000000921. The summed E-state index contributed by atoms with van der Waals surface area (Å²) in [6.45, 7) is 11.0. The van der Waals surface area contributed by atoms with E-state index in [2.05, 4.69) is 38.2 Å². The summed E-state index contributed by atoms with van der Waals surface area (Å²) in [4.78, 5) is 2.28. The molecular formula is C13H30N2. The van der Waals surface area contributed by atoms with E-state index in [1.807, 2.05) is 13.8 Å². The van der Waals surface area contributed by atoms with Gasteiger partial charge in [0.25, 0.3) is 0 Å². The van der Waals surface area contributed by atoms with Crippen molar-refractivity contribution in [3.8, 4) is 0 Å². The largest absolute Gasteiger partial charge is 0.314 e. The van der Waals surface area contributed by atoms with Gasteiger partial charge in [0.15, 0.2) is 0 Å². The molecule has 1 rings (SSSR count). The molecule has 0 amide bonds. The molecule has 2 heteroatoms. The highest BCUT2D eigenvalue weighted by Crippen LogP contribution is 2.43. The molecule has 0 aromatic heterocycles. The van der Waals surface area contributed by atoms with Gasteiger partial charge in [-0.05, 0) is 51.9 Å². The molecule has 0 saturated heterocycles. The van der Waals surface area contributed by atoms with Crippen molar-refractivity contribution in [1.29, 1.82) is 0 Å². The van der Waals surface area contributed by atoms with Gasteiger partial charge < -0.3 is 10.2 Å². The number of hydrogen-bond acceptors (Lipinski definition) is 2. The smallest absolute Gasteiger partial charge is 0.00773 e. The standard InChI is InChI=1S/C11H24N2.C2H6/c1-5-12-10-8-11(2,9-10)6-7-13(3)4;1-2/h10,12H,5-9H2,1-4H3;1-2H3. The predicted molar refractivity (Wildman–Crippen MR) is 69.3 cm³/mol. The van der Waals surface area contributed by atoms with Gasteiger partial charge in [0.1, 0.15) is 0 Å². The van der Waals surface area contributed by atoms with Crippen LogP contribution in [-0.4, -0.2) is 38.1 Å². The molecule has 1 aliphatic carbocycles. The molecule has 0 aromatic rings.